The van der Waals surface area contributed by atoms with E-state index in [2.05, 4.69) is 35.4 Å². The number of carbonyl (C=O) groups excluding carboxylic acids is 1. The van der Waals surface area contributed by atoms with Gasteiger partial charge in [-0.3, -0.25) is 4.79 Å². The van der Waals surface area contributed by atoms with Crippen LogP contribution in [0.1, 0.15) is 110 Å². The van der Waals surface area contributed by atoms with E-state index in [9.17, 15) is 35.4 Å². The van der Waals surface area contributed by atoms with E-state index in [1.807, 2.05) is 30.3 Å². The van der Waals surface area contributed by atoms with Gasteiger partial charge in [-0.25, -0.2) is 0 Å². The Morgan fingerprint density at radius 2 is 1.75 bits per heavy atom. The number of hydrogen-bond acceptors (Lipinski definition) is 9. The molecule has 0 aromatic heterocycles. The summed E-state index contributed by atoms with van der Waals surface area (Å²) in [5.74, 6) is 6.40. The van der Waals surface area contributed by atoms with E-state index >= 15 is 0 Å². The van der Waals surface area contributed by atoms with Crippen molar-refractivity contribution in [3.8, 4) is 34.8 Å². The third kappa shape index (κ3) is 5.77. The molecule has 3 aromatic carbocycles. The second kappa shape index (κ2) is 14.9. The lowest BCUT2D eigenvalue weighted by Crippen LogP contribution is -2.75. The first-order valence-electron chi connectivity index (χ1n) is 22.4. The zero-order valence-corrected chi connectivity index (χ0v) is 34.6. The van der Waals surface area contributed by atoms with Crippen molar-refractivity contribution in [2.75, 3.05) is 20.3 Å². The minimum Gasteiger partial charge on any atom is -0.504 e. The number of fused-ring (bicyclic) bond motifs is 4. The van der Waals surface area contributed by atoms with Crippen molar-refractivity contribution < 1.29 is 40.2 Å². The van der Waals surface area contributed by atoms with Gasteiger partial charge in [0.2, 0.25) is 0 Å². The van der Waals surface area contributed by atoms with E-state index in [-0.39, 0.29) is 95.4 Å². The van der Waals surface area contributed by atoms with E-state index in [0.29, 0.717) is 36.4 Å². The lowest BCUT2D eigenvalue weighted by atomic mass is 9.31. The second-order valence-electron chi connectivity index (χ2n) is 19.5. The fourth-order valence-electron chi connectivity index (χ4n) is 15.1. The molecule has 9 nitrogen and oxygen atoms in total. The van der Waals surface area contributed by atoms with E-state index in [4.69, 9.17) is 4.74 Å². The molecule has 7 aliphatic rings. The second-order valence-corrected chi connectivity index (χ2v) is 19.5. The number of hydrogen-bond donors (Lipinski definition) is 7. The monoisotopic (exact) mass is 813 g/mol. The van der Waals surface area contributed by atoms with Crippen LogP contribution >= 0.6 is 0 Å². The van der Waals surface area contributed by atoms with Crippen LogP contribution in [0.25, 0.3) is 0 Å². The van der Waals surface area contributed by atoms with Crippen LogP contribution in [0.3, 0.4) is 0 Å². The Bertz CT molecular complexity index is 2280. The number of benzene rings is 3. The lowest BCUT2D eigenvalue weighted by molar-refractivity contribution is -0.158. The van der Waals surface area contributed by atoms with Crippen molar-refractivity contribution in [3.63, 3.8) is 0 Å². The number of aromatic hydroxyl groups is 3. The molecular weight excluding hydrogens is 755 g/mol. The number of carbonyl (C=O) groups is 1. The van der Waals surface area contributed by atoms with E-state index in [1.165, 1.54) is 18.7 Å². The highest BCUT2D eigenvalue weighted by atomic mass is 16.5. The molecule has 0 radical (unpaired) electrons. The Morgan fingerprint density at radius 3 is 2.53 bits per heavy atom. The van der Waals surface area contributed by atoms with Gasteiger partial charge in [0.05, 0.1) is 19.8 Å². The van der Waals surface area contributed by atoms with Crippen molar-refractivity contribution in [1.82, 2.24) is 5.32 Å². The van der Waals surface area contributed by atoms with Gasteiger partial charge in [-0.1, -0.05) is 60.2 Å². The largest absolute Gasteiger partial charge is 0.504 e. The maximum atomic E-state index is 14.8. The van der Waals surface area contributed by atoms with E-state index in [1.54, 1.807) is 6.07 Å². The Morgan fingerprint density at radius 1 is 0.933 bits per heavy atom. The molecule has 60 heavy (non-hydrogen) atoms. The van der Waals surface area contributed by atoms with Crippen molar-refractivity contribution >= 4 is 5.78 Å². The molecule has 3 spiro atoms. The highest BCUT2D eigenvalue weighted by Gasteiger charge is 2.74. The summed E-state index contributed by atoms with van der Waals surface area (Å²) >= 11 is 0. The molecule has 1 heterocycles. The van der Waals surface area contributed by atoms with Crippen LogP contribution in [0.15, 0.2) is 66.2 Å². The first-order valence-corrected chi connectivity index (χ1v) is 22.4. The number of Topliss-reactive ketones (excluding diaryl/α,β-unsaturated/α-hetero) is 1. The number of methoxy groups -OCH3 is 1. The molecule has 1 aliphatic heterocycles. The number of nitrogens with one attached hydrogen (secondary N) is 1. The Balaban J connectivity index is 1.18. The summed E-state index contributed by atoms with van der Waals surface area (Å²) in [5.41, 5.74) is 5.00. The summed E-state index contributed by atoms with van der Waals surface area (Å²) in [6.45, 7) is 0.326. The summed E-state index contributed by atoms with van der Waals surface area (Å²) in [4.78, 5) is 14.8. The average molecular weight is 814 g/mol. The molecule has 3 aromatic rings. The zero-order valence-electron chi connectivity index (χ0n) is 34.6. The third-order valence-corrected chi connectivity index (χ3v) is 17.2. The molecule has 0 amide bonds. The normalized spacial score (nSPS) is 37.3. The first kappa shape index (κ1) is 39.8. The fourth-order valence-corrected chi connectivity index (χ4v) is 15.1. The number of ketones is 1. The quantitative estimate of drug-likeness (QED) is 0.0730. The van der Waals surface area contributed by atoms with Gasteiger partial charge in [0, 0.05) is 61.1 Å². The number of piperidine rings is 1. The highest BCUT2D eigenvalue weighted by molar-refractivity contribution is 5.80. The first-order chi connectivity index (χ1) is 29.1. The average Bonchev–Trinajstić information content (AvgIpc) is 3.65. The molecule has 1 saturated heterocycles. The summed E-state index contributed by atoms with van der Waals surface area (Å²) in [6, 6.07) is 17.0. The maximum Gasteiger partial charge on any atom is 0.160 e. The van der Waals surface area contributed by atoms with Crippen molar-refractivity contribution in [1.29, 1.82) is 0 Å². The summed E-state index contributed by atoms with van der Waals surface area (Å²) in [6.07, 6.45) is 10.9. The van der Waals surface area contributed by atoms with Crippen LogP contribution in [-0.4, -0.2) is 68.8 Å². The van der Waals surface area contributed by atoms with Crippen LogP contribution in [0.5, 0.6) is 23.0 Å². The van der Waals surface area contributed by atoms with E-state index < -0.39 is 23.4 Å². The molecule has 12 atom stereocenters. The Kier molecular flexibility index (Phi) is 9.91. The zero-order chi connectivity index (χ0) is 41.6. The Hall–Kier alpha value is -4.33. The van der Waals surface area contributed by atoms with Gasteiger partial charge in [-0.2, -0.15) is 0 Å². The molecule has 3 saturated carbocycles. The number of rotatable bonds is 8. The summed E-state index contributed by atoms with van der Waals surface area (Å²) in [7, 11) is 1.48. The third-order valence-electron chi connectivity index (χ3n) is 17.2. The van der Waals surface area contributed by atoms with Gasteiger partial charge in [0.1, 0.15) is 5.78 Å². The predicted molar refractivity (Wildman–Crippen MR) is 227 cm³/mol. The van der Waals surface area contributed by atoms with Crippen LogP contribution in [0, 0.1) is 52.3 Å². The van der Waals surface area contributed by atoms with Gasteiger partial charge in [0.25, 0.3) is 0 Å². The topological polar surface area (TPSA) is 160 Å². The van der Waals surface area contributed by atoms with Crippen LogP contribution in [0.4, 0.5) is 0 Å². The fraction of sp³-hybridized carbons (Fsp3) is 0.549. The van der Waals surface area contributed by atoms with E-state index in [0.717, 1.165) is 68.1 Å². The highest BCUT2D eigenvalue weighted by Crippen LogP contribution is 2.79. The van der Waals surface area contributed by atoms with Crippen molar-refractivity contribution in [2.24, 2.45) is 40.4 Å². The number of aliphatic hydroxyl groups is 3. The smallest absolute Gasteiger partial charge is 0.160 e. The van der Waals surface area contributed by atoms with Crippen molar-refractivity contribution in [2.45, 2.75) is 113 Å². The van der Waals surface area contributed by atoms with Crippen LogP contribution in [0.2, 0.25) is 0 Å². The van der Waals surface area contributed by atoms with Crippen LogP contribution in [-0.2, 0) is 23.2 Å². The van der Waals surface area contributed by atoms with Gasteiger partial charge >= 0.3 is 0 Å². The Labute approximate surface area is 352 Å². The number of ether oxygens (including phenoxy) is 1. The summed E-state index contributed by atoms with van der Waals surface area (Å²) < 4.78 is 5.54. The molecule has 10 rings (SSSR count). The van der Waals surface area contributed by atoms with Gasteiger partial charge in [0.15, 0.2) is 23.0 Å². The molecule has 12 unspecified atom stereocenters. The standard InChI is InChI=1S/C51H59NO8/c1-60-45-23-37(32(27-54)18-43(45)58)36-20-35(55)21-44(59)48-31(12-11-30(36)17-29-7-3-2-4-8-29)26-52-47-13-15-50-28-49(14-5-9-33(49)19-34(50)10-6-16-53)39-25-46(50)51(47,48)40-24-42(57)41(56)22-38(39)40/h2-4,7-8,18-19,22-24,30-31,33,36,39,44,46-48,52-54,56-59H,5-6,9-10,13-17,20-21,25-28H2,1H3. The number of phenols is 3. The summed E-state index contributed by atoms with van der Waals surface area (Å²) in [5, 5.41) is 71.2. The van der Waals surface area contributed by atoms with Gasteiger partial charge in [-0.05, 0) is 138 Å². The number of phenolic OH excluding ortho intramolecular Hbond substituents is 3. The molecule has 4 bridgehead atoms. The SMILES string of the molecule is COc1cc(C2CC(=O)CC(O)C3C(C#CC2Cc2ccccc2)CNC2CCC45CC6(CCCC6C=C4CCCO)C4CC5C23c2cc(O)c(O)cc24)c(CO)cc1O. The van der Waals surface area contributed by atoms with Gasteiger partial charge in [-0.15, -0.1) is 0 Å². The van der Waals surface area contributed by atoms with Crippen molar-refractivity contribution in [3.05, 3.63) is 94.1 Å². The predicted octanol–water partition coefficient (Wildman–Crippen LogP) is 6.90. The molecule has 6 aliphatic carbocycles. The minimum atomic E-state index is -1.04. The molecule has 9 heteroatoms. The number of allylic oxidation sites excluding steroid dienone is 2. The minimum absolute atomic E-state index is 0.0437. The molecule has 4 fully saturated rings. The van der Waals surface area contributed by atoms with Crippen LogP contribution < -0.4 is 10.1 Å². The number of aliphatic hydroxyl groups excluding tert-OH is 3. The van der Waals surface area contributed by atoms with Gasteiger partial charge < -0.3 is 40.7 Å². The molecule has 316 valence electrons. The lowest BCUT2D eigenvalue weighted by Gasteiger charge is -2.74. The molecular formula is C51H59NO8. The molecule has 7 N–H and O–H groups in total. The maximum absolute atomic E-state index is 14.8.